The molecule has 1 aliphatic heterocycles. The van der Waals surface area contributed by atoms with Gasteiger partial charge in [-0.15, -0.1) is 0 Å². The minimum absolute atomic E-state index is 0.0177. The molecule has 1 N–H and O–H groups in total. The van der Waals surface area contributed by atoms with Crippen molar-refractivity contribution in [3.05, 3.63) is 51.3 Å². The number of anilines is 3. The van der Waals surface area contributed by atoms with Crippen LogP contribution in [0.5, 0.6) is 5.75 Å². The number of nitro groups is 1. The van der Waals surface area contributed by atoms with Crippen LogP contribution in [-0.2, 0) is 7.05 Å². The van der Waals surface area contributed by atoms with Gasteiger partial charge in [-0.2, -0.15) is 8.78 Å². The zero-order chi connectivity index (χ0) is 27.0. The van der Waals surface area contributed by atoms with Crippen molar-refractivity contribution in [1.29, 1.82) is 0 Å². The van der Waals surface area contributed by atoms with Crippen LogP contribution in [0.25, 0.3) is 23.4 Å². The van der Waals surface area contributed by atoms with E-state index in [1.165, 1.54) is 12.1 Å². The summed E-state index contributed by atoms with van der Waals surface area (Å²) < 4.78 is 33.5. The van der Waals surface area contributed by atoms with Crippen molar-refractivity contribution in [3.63, 3.8) is 0 Å². The van der Waals surface area contributed by atoms with E-state index in [1.54, 1.807) is 12.3 Å². The van der Waals surface area contributed by atoms with Crippen LogP contribution in [0.15, 0.2) is 30.6 Å². The van der Waals surface area contributed by atoms with Gasteiger partial charge in [0.05, 0.1) is 16.3 Å². The fraction of sp³-hybridized carbons (Fsp3) is 0.385. The van der Waals surface area contributed by atoms with Crippen LogP contribution in [0.4, 0.5) is 31.8 Å². The molecule has 3 heterocycles. The van der Waals surface area contributed by atoms with Gasteiger partial charge >= 0.3 is 6.61 Å². The third kappa shape index (κ3) is 5.17. The van der Waals surface area contributed by atoms with E-state index >= 15 is 0 Å². The molecule has 0 radical (unpaired) electrons. The molecule has 0 amide bonds. The highest BCUT2D eigenvalue weighted by atomic mass is 19.3. The molecule has 2 aromatic heterocycles. The molecule has 5 rings (SSSR count). The van der Waals surface area contributed by atoms with Gasteiger partial charge in [-0.25, -0.2) is 9.97 Å². The molecule has 1 aromatic carbocycles. The smallest absolute Gasteiger partial charge is 0.387 e. The summed E-state index contributed by atoms with van der Waals surface area (Å²) in [6, 6.07) is 4.26. The topological polar surface area (TPSA) is 102 Å². The second-order valence-corrected chi connectivity index (χ2v) is 9.69. The van der Waals surface area contributed by atoms with E-state index in [-0.39, 0.29) is 28.8 Å². The standard InChI is InChI=1S/C26H29F2N7O3/c1-16-4-5-17-18(15-33(3)21(17)12-16)19-6-7-29-26(30-19)31-20-13-23(35(36)37)22(14-24(20)38-25(27)28)34-10-8-32(2)9-11-34/h5-7,12-16,25H,4,8-11H2,1-3H3,(H,29,30,31). The summed E-state index contributed by atoms with van der Waals surface area (Å²) in [5.41, 5.74) is 1.55. The molecule has 1 saturated heterocycles. The van der Waals surface area contributed by atoms with E-state index in [1.807, 2.05) is 29.8 Å². The molecule has 10 nitrogen and oxygen atoms in total. The number of aromatic nitrogens is 3. The molecule has 0 spiro atoms. The van der Waals surface area contributed by atoms with E-state index in [2.05, 4.69) is 39.3 Å². The maximum Gasteiger partial charge on any atom is 0.387 e. The van der Waals surface area contributed by atoms with Crippen LogP contribution in [0.2, 0.25) is 0 Å². The molecule has 1 atom stereocenters. The van der Waals surface area contributed by atoms with Crippen LogP contribution < -0.4 is 25.5 Å². The molecule has 3 aromatic rings. The Bertz CT molecular complexity index is 1480. The van der Waals surface area contributed by atoms with E-state index in [0.29, 0.717) is 37.8 Å². The van der Waals surface area contributed by atoms with Crippen molar-refractivity contribution in [2.24, 2.45) is 13.0 Å². The Morgan fingerprint density at radius 3 is 2.68 bits per heavy atom. The van der Waals surface area contributed by atoms with Gasteiger partial charge in [0.15, 0.2) is 5.75 Å². The Hall–Kier alpha value is -4.06. The number of alkyl halides is 2. The highest BCUT2D eigenvalue weighted by Gasteiger charge is 2.27. The van der Waals surface area contributed by atoms with Gasteiger partial charge in [0, 0.05) is 73.9 Å². The third-order valence-corrected chi connectivity index (χ3v) is 6.92. The Morgan fingerprint density at radius 2 is 1.97 bits per heavy atom. The van der Waals surface area contributed by atoms with Gasteiger partial charge in [0.25, 0.3) is 5.69 Å². The van der Waals surface area contributed by atoms with Crippen LogP contribution in [0, 0.1) is 16.0 Å². The number of hydrogen-bond donors (Lipinski definition) is 1. The highest BCUT2D eigenvalue weighted by molar-refractivity contribution is 5.77. The van der Waals surface area contributed by atoms with Crippen molar-refractivity contribution in [1.82, 2.24) is 19.4 Å². The number of aryl methyl sites for hydroxylation is 1. The molecular weight excluding hydrogens is 496 g/mol. The first kappa shape index (κ1) is 25.6. The van der Waals surface area contributed by atoms with Crippen LogP contribution >= 0.6 is 0 Å². The number of likely N-dealkylation sites (N-methyl/N-ethyl adjacent to an activating group) is 1. The van der Waals surface area contributed by atoms with E-state index in [0.717, 1.165) is 22.6 Å². The van der Waals surface area contributed by atoms with Gasteiger partial charge in [-0.05, 0) is 25.5 Å². The minimum atomic E-state index is -3.12. The molecule has 12 heteroatoms. The molecular formula is C26H29F2N7O3. The molecule has 2 aliphatic rings. The quantitative estimate of drug-likeness (QED) is 0.371. The van der Waals surface area contributed by atoms with Crippen LogP contribution in [-0.4, -0.2) is 64.2 Å². The zero-order valence-corrected chi connectivity index (χ0v) is 21.4. The molecule has 200 valence electrons. The van der Waals surface area contributed by atoms with E-state index < -0.39 is 11.5 Å². The number of piperazine rings is 1. The van der Waals surface area contributed by atoms with Crippen LogP contribution in [0.3, 0.4) is 0 Å². The maximum atomic E-state index is 13.4. The number of nitrogens with one attached hydrogen (secondary N) is 1. The summed E-state index contributed by atoms with van der Waals surface area (Å²) in [5.74, 6) is 0.320. The SMILES string of the molecule is CC1C=c2c(c(-c3ccnc(Nc4cc([N+](=O)[O-])c(N5CCN(C)CC5)cc4OC(F)F)n3)cn2C)=CC1. The highest BCUT2D eigenvalue weighted by Crippen LogP contribution is 2.40. The summed E-state index contributed by atoms with van der Waals surface area (Å²) in [6.45, 7) is 1.48. The second kappa shape index (κ2) is 10.4. The lowest BCUT2D eigenvalue weighted by atomic mass is 10.0. The summed E-state index contributed by atoms with van der Waals surface area (Å²) in [4.78, 5) is 24.2. The molecule has 1 unspecified atom stereocenters. The zero-order valence-electron chi connectivity index (χ0n) is 21.4. The lowest BCUT2D eigenvalue weighted by molar-refractivity contribution is -0.384. The van der Waals surface area contributed by atoms with Gasteiger partial charge in [-0.1, -0.05) is 19.1 Å². The Morgan fingerprint density at radius 1 is 1.21 bits per heavy atom. The molecule has 1 aliphatic carbocycles. The van der Waals surface area contributed by atoms with Crippen molar-refractivity contribution in [2.45, 2.75) is 20.0 Å². The predicted octanol–water partition coefficient (Wildman–Crippen LogP) is 3.09. The largest absolute Gasteiger partial charge is 0.433 e. The number of fused-ring (bicyclic) bond motifs is 1. The monoisotopic (exact) mass is 525 g/mol. The predicted molar refractivity (Wildman–Crippen MR) is 141 cm³/mol. The number of nitro benzene ring substituents is 1. The fourth-order valence-corrected chi connectivity index (χ4v) is 4.91. The van der Waals surface area contributed by atoms with Gasteiger partial charge in [-0.3, -0.25) is 10.1 Å². The van der Waals surface area contributed by atoms with Gasteiger partial charge < -0.3 is 24.4 Å². The third-order valence-electron chi connectivity index (χ3n) is 6.92. The maximum absolute atomic E-state index is 13.4. The average molecular weight is 526 g/mol. The summed E-state index contributed by atoms with van der Waals surface area (Å²) >= 11 is 0. The number of nitrogens with zero attached hydrogens (tertiary/aromatic N) is 6. The number of hydrogen-bond acceptors (Lipinski definition) is 8. The van der Waals surface area contributed by atoms with E-state index in [9.17, 15) is 18.9 Å². The first-order valence-electron chi connectivity index (χ1n) is 12.4. The van der Waals surface area contributed by atoms with Crippen molar-refractivity contribution >= 4 is 35.2 Å². The first-order chi connectivity index (χ1) is 18.2. The Balaban J connectivity index is 1.53. The van der Waals surface area contributed by atoms with Gasteiger partial charge in [0.1, 0.15) is 5.69 Å². The average Bonchev–Trinajstić information content (AvgIpc) is 3.20. The molecule has 1 fully saturated rings. The minimum Gasteiger partial charge on any atom is -0.433 e. The summed E-state index contributed by atoms with van der Waals surface area (Å²) in [7, 11) is 3.93. The van der Waals surface area contributed by atoms with Crippen LogP contribution in [0.1, 0.15) is 13.3 Å². The Kier molecular flexibility index (Phi) is 6.98. The van der Waals surface area contributed by atoms with Crippen molar-refractivity contribution < 1.29 is 18.4 Å². The Labute approximate surface area is 218 Å². The number of ether oxygens (including phenoxy) is 1. The van der Waals surface area contributed by atoms with E-state index in [4.69, 9.17) is 4.74 Å². The second-order valence-electron chi connectivity index (χ2n) is 9.69. The van der Waals surface area contributed by atoms with Crippen molar-refractivity contribution in [3.8, 4) is 17.0 Å². The fourth-order valence-electron chi connectivity index (χ4n) is 4.91. The summed E-state index contributed by atoms with van der Waals surface area (Å²) in [6.07, 6.45) is 8.86. The normalized spacial score (nSPS) is 17.5. The van der Waals surface area contributed by atoms with Crippen molar-refractivity contribution in [2.75, 3.05) is 43.4 Å². The molecule has 0 saturated carbocycles. The van der Waals surface area contributed by atoms with Gasteiger partial charge in [0.2, 0.25) is 5.95 Å². The lowest BCUT2D eigenvalue weighted by Crippen LogP contribution is -2.44. The number of halogens is 2. The molecule has 38 heavy (non-hydrogen) atoms. The number of rotatable bonds is 7. The first-order valence-corrected chi connectivity index (χ1v) is 12.4. The lowest BCUT2D eigenvalue weighted by Gasteiger charge is -2.34. The number of benzene rings is 1. The summed E-state index contributed by atoms with van der Waals surface area (Å²) in [5, 5.41) is 17.0. The molecule has 0 bridgehead atoms.